The fraction of sp³-hybridized carbons (Fsp3) is 0.500. The van der Waals surface area contributed by atoms with E-state index in [4.69, 9.17) is 0 Å². The minimum Gasteiger partial charge on any atom is -0.350 e. The number of carbonyl (C=O) groups excluding carboxylic acids is 2. The van der Waals surface area contributed by atoms with Gasteiger partial charge in [-0.3, -0.25) is 14.5 Å². The fourth-order valence-electron chi connectivity index (χ4n) is 2.41. The van der Waals surface area contributed by atoms with Crippen LogP contribution in [-0.2, 0) is 9.59 Å². The van der Waals surface area contributed by atoms with E-state index in [1.165, 1.54) is 0 Å². The summed E-state index contributed by atoms with van der Waals surface area (Å²) in [7, 11) is 0. The summed E-state index contributed by atoms with van der Waals surface area (Å²) in [4.78, 5) is 26.1. The van der Waals surface area contributed by atoms with Gasteiger partial charge in [0.25, 0.3) is 0 Å². The molecule has 0 bridgehead atoms. The van der Waals surface area contributed by atoms with Gasteiger partial charge in [0.2, 0.25) is 11.8 Å². The SMILES string of the molecule is Cc1ccc(N2C(=O)CCC2C(=O)NC(C)(C)C)cc1. The molecule has 4 nitrogen and oxygen atoms in total. The lowest BCUT2D eigenvalue weighted by molar-refractivity contribution is -0.125. The van der Waals surface area contributed by atoms with Gasteiger partial charge in [-0.15, -0.1) is 0 Å². The van der Waals surface area contributed by atoms with Crippen LogP contribution in [0.5, 0.6) is 0 Å². The molecular weight excluding hydrogens is 252 g/mol. The summed E-state index contributed by atoms with van der Waals surface area (Å²) in [5.74, 6) is -0.0631. The maximum Gasteiger partial charge on any atom is 0.243 e. The van der Waals surface area contributed by atoms with Crippen molar-refractivity contribution in [1.82, 2.24) is 5.32 Å². The molecule has 0 spiro atoms. The Morgan fingerprint density at radius 2 is 1.85 bits per heavy atom. The summed E-state index contributed by atoms with van der Waals surface area (Å²) < 4.78 is 0. The maximum absolute atomic E-state index is 12.4. The zero-order valence-corrected chi connectivity index (χ0v) is 12.6. The first-order chi connectivity index (χ1) is 9.28. The number of carbonyl (C=O) groups is 2. The normalized spacial score (nSPS) is 19.3. The molecule has 1 N–H and O–H groups in total. The minimum atomic E-state index is -0.399. The van der Waals surface area contributed by atoms with E-state index in [-0.39, 0.29) is 17.4 Å². The summed E-state index contributed by atoms with van der Waals surface area (Å²) in [5.41, 5.74) is 1.64. The summed E-state index contributed by atoms with van der Waals surface area (Å²) in [6.07, 6.45) is 1.00. The zero-order chi connectivity index (χ0) is 14.9. The van der Waals surface area contributed by atoms with Crippen molar-refractivity contribution in [3.8, 4) is 0 Å². The van der Waals surface area contributed by atoms with Crippen LogP contribution in [0.2, 0.25) is 0 Å². The first kappa shape index (κ1) is 14.6. The average molecular weight is 274 g/mol. The molecule has 1 atom stereocenters. The number of aryl methyl sites for hydroxylation is 1. The highest BCUT2D eigenvalue weighted by Crippen LogP contribution is 2.27. The molecule has 1 aromatic rings. The Labute approximate surface area is 120 Å². The van der Waals surface area contributed by atoms with Crippen molar-refractivity contribution >= 4 is 17.5 Å². The monoisotopic (exact) mass is 274 g/mol. The Morgan fingerprint density at radius 3 is 2.40 bits per heavy atom. The number of nitrogens with one attached hydrogen (secondary N) is 1. The van der Waals surface area contributed by atoms with E-state index in [2.05, 4.69) is 5.32 Å². The molecule has 4 heteroatoms. The highest BCUT2D eigenvalue weighted by molar-refractivity contribution is 6.03. The Hall–Kier alpha value is -1.84. The summed E-state index contributed by atoms with van der Waals surface area (Å²) in [6.45, 7) is 7.83. The molecule has 0 saturated carbocycles. The average Bonchev–Trinajstić information content (AvgIpc) is 2.70. The third-order valence-electron chi connectivity index (χ3n) is 3.32. The van der Waals surface area contributed by atoms with Gasteiger partial charge < -0.3 is 5.32 Å². The Balaban J connectivity index is 2.23. The first-order valence-electron chi connectivity index (χ1n) is 6.99. The van der Waals surface area contributed by atoms with E-state index in [0.717, 1.165) is 11.3 Å². The third-order valence-corrected chi connectivity index (χ3v) is 3.32. The van der Waals surface area contributed by atoms with Crippen LogP contribution in [0.4, 0.5) is 5.69 Å². The first-order valence-corrected chi connectivity index (χ1v) is 6.99. The van der Waals surface area contributed by atoms with Crippen LogP contribution in [0, 0.1) is 6.92 Å². The van der Waals surface area contributed by atoms with Gasteiger partial charge in [-0.05, 0) is 46.2 Å². The largest absolute Gasteiger partial charge is 0.350 e. The number of anilines is 1. The van der Waals surface area contributed by atoms with Gasteiger partial charge in [-0.2, -0.15) is 0 Å². The van der Waals surface area contributed by atoms with Crippen molar-refractivity contribution in [3.05, 3.63) is 29.8 Å². The lowest BCUT2D eigenvalue weighted by Crippen LogP contribution is -2.50. The molecule has 1 fully saturated rings. The molecule has 1 aliphatic rings. The van der Waals surface area contributed by atoms with Crippen molar-refractivity contribution < 1.29 is 9.59 Å². The van der Waals surface area contributed by atoms with Gasteiger partial charge >= 0.3 is 0 Å². The highest BCUT2D eigenvalue weighted by Gasteiger charge is 2.37. The zero-order valence-electron chi connectivity index (χ0n) is 12.6. The van der Waals surface area contributed by atoms with E-state index in [1.54, 1.807) is 4.90 Å². The molecule has 1 aromatic carbocycles. The second kappa shape index (κ2) is 5.27. The second-order valence-electron chi connectivity index (χ2n) is 6.39. The number of nitrogens with zero attached hydrogens (tertiary/aromatic N) is 1. The molecule has 20 heavy (non-hydrogen) atoms. The van der Waals surface area contributed by atoms with Crippen molar-refractivity contribution in [2.75, 3.05) is 4.90 Å². The minimum absolute atomic E-state index is 0.0166. The highest BCUT2D eigenvalue weighted by atomic mass is 16.2. The molecule has 2 rings (SSSR count). The molecule has 1 unspecified atom stereocenters. The van der Waals surface area contributed by atoms with Gasteiger partial charge in [-0.1, -0.05) is 17.7 Å². The standard InChI is InChI=1S/C16H22N2O2/c1-11-5-7-12(8-6-11)18-13(9-10-14(18)19)15(20)17-16(2,3)4/h5-8,13H,9-10H2,1-4H3,(H,17,20). The van der Waals surface area contributed by atoms with Crippen LogP contribution in [-0.4, -0.2) is 23.4 Å². The van der Waals surface area contributed by atoms with Gasteiger partial charge in [0.05, 0.1) is 0 Å². The second-order valence-corrected chi connectivity index (χ2v) is 6.39. The summed E-state index contributed by atoms with van der Waals surface area (Å²) in [5, 5.41) is 2.96. The van der Waals surface area contributed by atoms with Gasteiger partial charge in [-0.25, -0.2) is 0 Å². The van der Waals surface area contributed by atoms with Gasteiger partial charge in [0.1, 0.15) is 6.04 Å². The molecular formula is C16H22N2O2. The maximum atomic E-state index is 12.4. The summed E-state index contributed by atoms with van der Waals surface area (Å²) in [6, 6.07) is 7.31. The van der Waals surface area contributed by atoms with Crippen molar-refractivity contribution in [1.29, 1.82) is 0 Å². The number of benzene rings is 1. The van der Waals surface area contributed by atoms with Crippen LogP contribution < -0.4 is 10.2 Å². The van der Waals surface area contributed by atoms with E-state index < -0.39 is 6.04 Å². The van der Waals surface area contributed by atoms with Gasteiger partial charge in [0.15, 0.2) is 0 Å². The fourth-order valence-corrected chi connectivity index (χ4v) is 2.41. The molecule has 1 saturated heterocycles. The van der Waals surface area contributed by atoms with Crippen molar-refractivity contribution in [3.63, 3.8) is 0 Å². The molecule has 0 radical (unpaired) electrons. The van der Waals surface area contributed by atoms with Crippen LogP contribution in [0.3, 0.4) is 0 Å². The molecule has 2 amide bonds. The Bertz CT molecular complexity index is 514. The van der Waals surface area contributed by atoms with Crippen LogP contribution in [0.1, 0.15) is 39.2 Å². The summed E-state index contributed by atoms with van der Waals surface area (Å²) >= 11 is 0. The number of amides is 2. The molecule has 0 aliphatic carbocycles. The van der Waals surface area contributed by atoms with E-state index >= 15 is 0 Å². The van der Waals surface area contributed by atoms with E-state index in [9.17, 15) is 9.59 Å². The van der Waals surface area contributed by atoms with Crippen LogP contribution >= 0.6 is 0 Å². The van der Waals surface area contributed by atoms with E-state index in [0.29, 0.717) is 12.8 Å². The Morgan fingerprint density at radius 1 is 1.25 bits per heavy atom. The topological polar surface area (TPSA) is 49.4 Å². The lowest BCUT2D eigenvalue weighted by Gasteiger charge is -2.28. The quantitative estimate of drug-likeness (QED) is 0.900. The number of hydrogen-bond donors (Lipinski definition) is 1. The predicted molar refractivity (Wildman–Crippen MR) is 79.6 cm³/mol. The number of rotatable bonds is 2. The number of hydrogen-bond acceptors (Lipinski definition) is 2. The Kier molecular flexibility index (Phi) is 3.84. The molecule has 1 heterocycles. The predicted octanol–water partition coefficient (Wildman–Crippen LogP) is 2.41. The van der Waals surface area contributed by atoms with Crippen molar-refractivity contribution in [2.45, 2.75) is 52.1 Å². The molecule has 0 aromatic heterocycles. The van der Waals surface area contributed by atoms with Crippen LogP contribution in [0.15, 0.2) is 24.3 Å². The molecule has 1 aliphatic heterocycles. The lowest BCUT2D eigenvalue weighted by atomic mass is 10.1. The third kappa shape index (κ3) is 3.18. The van der Waals surface area contributed by atoms with Crippen molar-refractivity contribution in [2.24, 2.45) is 0 Å². The molecule has 108 valence electrons. The smallest absolute Gasteiger partial charge is 0.243 e. The van der Waals surface area contributed by atoms with Crippen LogP contribution in [0.25, 0.3) is 0 Å². The van der Waals surface area contributed by atoms with E-state index in [1.807, 2.05) is 52.0 Å². The van der Waals surface area contributed by atoms with Gasteiger partial charge in [0, 0.05) is 17.6 Å².